The Hall–Kier alpha value is -4.27. The van der Waals surface area contributed by atoms with Crippen LogP contribution in [0.2, 0.25) is 0 Å². The van der Waals surface area contributed by atoms with Crippen molar-refractivity contribution in [1.29, 1.82) is 5.26 Å². The summed E-state index contributed by atoms with van der Waals surface area (Å²) in [4.78, 5) is 23.3. The molecule has 0 unspecified atom stereocenters. The smallest absolute Gasteiger partial charge is 0.250 e. The van der Waals surface area contributed by atoms with Crippen LogP contribution >= 0.6 is 0 Å². The van der Waals surface area contributed by atoms with Gasteiger partial charge in [0, 0.05) is 29.3 Å². The average molecular weight is 590 g/mol. The maximum atomic E-state index is 15.0. The van der Waals surface area contributed by atoms with Gasteiger partial charge in [0.2, 0.25) is 0 Å². The lowest BCUT2D eigenvalue weighted by atomic mass is 9.93. The van der Waals surface area contributed by atoms with Crippen LogP contribution in [0.15, 0.2) is 42.5 Å². The van der Waals surface area contributed by atoms with E-state index in [1.54, 1.807) is 12.1 Å². The molecule has 0 saturated carbocycles. The molecule has 0 amide bonds. The number of carbonyl (C=O) groups is 1. The number of ketones is 1. The summed E-state index contributed by atoms with van der Waals surface area (Å²) in [7, 11) is 0. The zero-order valence-corrected chi connectivity index (χ0v) is 23.7. The number of nitriles is 1. The number of imidazole rings is 1. The van der Waals surface area contributed by atoms with Gasteiger partial charge in [-0.1, -0.05) is 6.07 Å². The molecule has 2 aliphatic heterocycles. The molecule has 6 rings (SSSR count). The number of aromatic nitrogens is 3. The monoisotopic (exact) mass is 589 g/mol. The average Bonchev–Trinajstić information content (AvgIpc) is 3.32. The number of carbonyl (C=O) groups excluding carboxylic acids is 1. The van der Waals surface area contributed by atoms with Crippen LogP contribution in [0, 0.1) is 28.8 Å². The first kappa shape index (κ1) is 28.8. The van der Waals surface area contributed by atoms with Gasteiger partial charge in [0.25, 0.3) is 5.88 Å². The number of Topliss-reactive ketones (excluding diaryl/α,β-unsaturated/α-hetero) is 1. The molecular weight excluding hydrogens is 559 g/mol. The molecule has 0 N–H and O–H groups in total. The van der Waals surface area contributed by atoms with Crippen molar-refractivity contribution in [3.8, 4) is 11.9 Å². The van der Waals surface area contributed by atoms with E-state index in [0.29, 0.717) is 42.3 Å². The highest BCUT2D eigenvalue weighted by molar-refractivity contribution is 5.97. The number of fused-ring (bicyclic) bond motifs is 1. The molecule has 43 heavy (non-hydrogen) atoms. The van der Waals surface area contributed by atoms with Gasteiger partial charge < -0.3 is 14.0 Å². The van der Waals surface area contributed by atoms with E-state index < -0.39 is 17.5 Å². The molecule has 2 aliphatic rings. The lowest BCUT2D eigenvalue weighted by Crippen LogP contribution is -2.35. The van der Waals surface area contributed by atoms with Crippen LogP contribution < -0.4 is 4.74 Å². The molecule has 11 heteroatoms. The summed E-state index contributed by atoms with van der Waals surface area (Å²) in [5, 5.41) is 8.92. The maximum absolute atomic E-state index is 15.0. The topological polar surface area (TPSA) is 93.3 Å². The summed E-state index contributed by atoms with van der Waals surface area (Å²) in [6.07, 6.45) is 2.47. The molecule has 2 aromatic carbocycles. The summed E-state index contributed by atoms with van der Waals surface area (Å²) in [6, 6.07) is 11.8. The third-order valence-electron chi connectivity index (χ3n) is 8.23. The van der Waals surface area contributed by atoms with E-state index in [1.165, 1.54) is 31.2 Å². The largest absolute Gasteiger partial charge is 0.471 e. The molecule has 2 aromatic heterocycles. The van der Waals surface area contributed by atoms with Gasteiger partial charge in [0.05, 0.1) is 36.3 Å². The van der Waals surface area contributed by atoms with Crippen LogP contribution in [0.3, 0.4) is 0 Å². The van der Waals surface area contributed by atoms with E-state index >= 15 is 0 Å². The highest BCUT2D eigenvalue weighted by Gasteiger charge is 2.27. The standard InChI is InChI=1S/C32H30F3N5O3/c1-19(41)23-13-27(35)31-29(14-23)40(16-24-8-11-42-24)30(38-31)17-39-9-6-21(7-10-39)28-5-4-25(33)32(37-28)43-18-22-3-2-20(15-36)12-26(22)34/h2-5,12-14,21,24H,6-11,16-18H2,1H3/t24-/m0/s1. The Kier molecular flexibility index (Phi) is 8.15. The van der Waals surface area contributed by atoms with E-state index in [9.17, 15) is 18.0 Å². The summed E-state index contributed by atoms with van der Waals surface area (Å²) in [5.41, 5.74) is 2.24. The van der Waals surface area contributed by atoms with Gasteiger partial charge >= 0.3 is 0 Å². The first-order chi connectivity index (χ1) is 20.8. The first-order valence-electron chi connectivity index (χ1n) is 14.3. The quantitative estimate of drug-likeness (QED) is 0.232. The van der Waals surface area contributed by atoms with Crippen LogP contribution in [-0.2, 0) is 24.4 Å². The summed E-state index contributed by atoms with van der Waals surface area (Å²) in [6.45, 7) is 4.39. The predicted octanol–water partition coefficient (Wildman–Crippen LogP) is 5.67. The number of benzene rings is 2. The second-order valence-electron chi connectivity index (χ2n) is 11.1. The van der Waals surface area contributed by atoms with Crippen LogP contribution in [0.4, 0.5) is 13.2 Å². The minimum atomic E-state index is -0.634. The molecule has 4 aromatic rings. The number of pyridine rings is 1. The van der Waals surface area contributed by atoms with Crippen molar-refractivity contribution in [3.05, 3.63) is 88.1 Å². The van der Waals surface area contributed by atoms with E-state index in [-0.39, 0.29) is 46.9 Å². The van der Waals surface area contributed by atoms with Crippen molar-refractivity contribution in [2.75, 3.05) is 19.7 Å². The summed E-state index contributed by atoms with van der Waals surface area (Å²) in [5.74, 6) is -1.36. The number of hydrogen-bond acceptors (Lipinski definition) is 7. The highest BCUT2D eigenvalue weighted by atomic mass is 19.1. The fraction of sp³-hybridized carbons (Fsp3) is 0.375. The van der Waals surface area contributed by atoms with Crippen molar-refractivity contribution in [2.45, 2.75) is 57.9 Å². The van der Waals surface area contributed by atoms with Crippen LogP contribution in [0.5, 0.6) is 5.88 Å². The molecule has 0 aliphatic carbocycles. The van der Waals surface area contributed by atoms with E-state index in [0.717, 1.165) is 38.4 Å². The fourth-order valence-corrected chi connectivity index (χ4v) is 5.62. The van der Waals surface area contributed by atoms with Gasteiger partial charge in [-0.2, -0.15) is 5.26 Å². The third kappa shape index (κ3) is 6.12. The Morgan fingerprint density at radius 1 is 1.05 bits per heavy atom. The van der Waals surface area contributed by atoms with E-state index in [2.05, 4.69) is 14.9 Å². The molecule has 2 saturated heterocycles. The lowest BCUT2D eigenvalue weighted by Gasteiger charge is -2.32. The minimum Gasteiger partial charge on any atom is -0.471 e. The number of halogens is 3. The zero-order chi connectivity index (χ0) is 30.1. The third-order valence-corrected chi connectivity index (χ3v) is 8.23. The Bertz CT molecular complexity index is 1720. The van der Waals surface area contributed by atoms with Crippen molar-refractivity contribution in [2.24, 2.45) is 0 Å². The summed E-state index contributed by atoms with van der Waals surface area (Å²) >= 11 is 0. The Balaban J connectivity index is 1.14. The molecule has 0 radical (unpaired) electrons. The molecule has 222 valence electrons. The van der Waals surface area contributed by atoms with Crippen LogP contribution in [-0.4, -0.2) is 51.0 Å². The molecule has 0 spiro atoms. The fourth-order valence-electron chi connectivity index (χ4n) is 5.62. The number of piperidine rings is 1. The second-order valence-corrected chi connectivity index (χ2v) is 11.1. The Morgan fingerprint density at radius 3 is 2.51 bits per heavy atom. The van der Waals surface area contributed by atoms with Crippen LogP contribution in [0.1, 0.15) is 65.1 Å². The van der Waals surface area contributed by atoms with Gasteiger partial charge in [0.15, 0.2) is 17.4 Å². The second kappa shape index (κ2) is 12.1. The molecule has 1 atom stereocenters. The number of ether oxygens (including phenoxy) is 2. The van der Waals surface area contributed by atoms with Gasteiger partial charge in [-0.05, 0) is 75.7 Å². The van der Waals surface area contributed by atoms with Crippen LogP contribution in [0.25, 0.3) is 11.0 Å². The lowest BCUT2D eigenvalue weighted by molar-refractivity contribution is -0.0592. The van der Waals surface area contributed by atoms with Crippen molar-refractivity contribution in [1.82, 2.24) is 19.4 Å². The van der Waals surface area contributed by atoms with Crippen molar-refractivity contribution in [3.63, 3.8) is 0 Å². The molecule has 2 fully saturated rings. The summed E-state index contributed by atoms with van der Waals surface area (Å²) < 4.78 is 56.9. The zero-order valence-electron chi connectivity index (χ0n) is 23.7. The highest BCUT2D eigenvalue weighted by Crippen LogP contribution is 2.31. The molecule has 8 nitrogen and oxygen atoms in total. The molecular formula is C32H30F3N5O3. The molecule has 4 heterocycles. The number of nitrogens with zero attached hydrogens (tertiary/aromatic N) is 5. The van der Waals surface area contributed by atoms with Gasteiger partial charge in [-0.15, -0.1) is 0 Å². The SMILES string of the molecule is CC(=O)c1cc(F)c2nc(CN3CCC(c4ccc(F)c(OCc5ccc(C#N)cc5F)n4)CC3)n(C[C@@H]3CCO3)c2c1. The van der Waals surface area contributed by atoms with E-state index in [4.69, 9.17) is 14.7 Å². The minimum absolute atomic E-state index is 0.0281. The number of likely N-dealkylation sites (tertiary alicyclic amines) is 1. The number of hydrogen-bond donors (Lipinski definition) is 0. The Morgan fingerprint density at radius 2 is 1.84 bits per heavy atom. The maximum Gasteiger partial charge on any atom is 0.250 e. The number of rotatable bonds is 9. The normalized spacial score (nSPS) is 17.5. The predicted molar refractivity (Wildman–Crippen MR) is 151 cm³/mol. The van der Waals surface area contributed by atoms with Gasteiger partial charge in [-0.25, -0.2) is 23.1 Å². The first-order valence-corrected chi connectivity index (χ1v) is 14.3. The van der Waals surface area contributed by atoms with Gasteiger partial charge in [0.1, 0.15) is 23.8 Å². The van der Waals surface area contributed by atoms with Crippen molar-refractivity contribution >= 4 is 16.8 Å². The Labute approximate surface area is 246 Å². The van der Waals surface area contributed by atoms with Gasteiger partial charge in [-0.3, -0.25) is 9.69 Å². The van der Waals surface area contributed by atoms with E-state index in [1.807, 2.05) is 10.6 Å². The molecule has 0 bridgehead atoms. The van der Waals surface area contributed by atoms with Crippen molar-refractivity contribution < 1.29 is 27.4 Å².